The van der Waals surface area contributed by atoms with Crippen molar-refractivity contribution in [3.8, 4) is 0 Å². The molecule has 0 spiro atoms. The van der Waals surface area contributed by atoms with Crippen LogP contribution in [0.5, 0.6) is 0 Å². The van der Waals surface area contributed by atoms with Gasteiger partial charge in [-0.2, -0.15) is 0 Å². The monoisotopic (exact) mass is 229 g/mol. The molecule has 0 aromatic carbocycles. The maximum Gasteiger partial charge on any atom is 0.323 e. The van der Waals surface area contributed by atoms with Gasteiger partial charge in [-0.25, -0.2) is 0 Å². The molecule has 0 saturated carbocycles. The van der Waals surface area contributed by atoms with E-state index in [0.29, 0.717) is 19.1 Å². The van der Waals surface area contributed by atoms with E-state index in [1.165, 1.54) is 0 Å². The summed E-state index contributed by atoms with van der Waals surface area (Å²) < 4.78 is 10.4. The van der Waals surface area contributed by atoms with Crippen LogP contribution < -0.4 is 5.32 Å². The van der Waals surface area contributed by atoms with Crippen molar-refractivity contribution in [2.75, 3.05) is 26.4 Å². The normalized spacial score (nSPS) is 25.4. The third-order valence-electron chi connectivity index (χ3n) is 2.77. The third kappa shape index (κ3) is 4.94. The SMILES string of the molecule is CCCOCCOC(=O)C1CC(C)CCN1. The first kappa shape index (κ1) is 13.5. The molecule has 4 heteroatoms. The van der Waals surface area contributed by atoms with Crippen LogP contribution in [-0.2, 0) is 14.3 Å². The number of hydrogen-bond acceptors (Lipinski definition) is 4. The Kier molecular flexibility index (Phi) is 6.42. The van der Waals surface area contributed by atoms with Crippen LogP contribution >= 0.6 is 0 Å². The van der Waals surface area contributed by atoms with Gasteiger partial charge in [-0.1, -0.05) is 13.8 Å². The minimum atomic E-state index is -0.133. The van der Waals surface area contributed by atoms with Gasteiger partial charge in [0.1, 0.15) is 12.6 Å². The maximum atomic E-state index is 11.6. The third-order valence-corrected chi connectivity index (χ3v) is 2.77. The zero-order valence-corrected chi connectivity index (χ0v) is 10.3. The van der Waals surface area contributed by atoms with Gasteiger partial charge in [0, 0.05) is 6.61 Å². The Morgan fingerprint density at radius 2 is 2.19 bits per heavy atom. The van der Waals surface area contributed by atoms with Crippen molar-refractivity contribution < 1.29 is 14.3 Å². The summed E-state index contributed by atoms with van der Waals surface area (Å²) in [5, 5.41) is 3.19. The summed E-state index contributed by atoms with van der Waals surface area (Å²) >= 11 is 0. The van der Waals surface area contributed by atoms with Crippen LogP contribution in [0.4, 0.5) is 0 Å². The summed E-state index contributed by atoms with van der Waals surface area (Å²) in [6.07, 6.45) is 3.02. The van der Waals surface area contributed by atoms with Crippen molar-refractivity contribution in [1.29, 1.82) is 0 Å². The summed E-state index contributed by atoms with van der Waals surface area (Å²) in [6, 6.07) is -0.116. The first-order chi connectivity index (χ1) is 7.74. The van der Waals surface area contributed by atoms with Gasteiger partial charge < -0.3 is 14.8 Å². The van der Waals surface area contributed by atoms with E-state index in [1.54, 1.807) is 0 Å². The van der Waals surface area contributed by atoms with Crippen LogP contribution in [0.3, 0.4) is 0 Å². The molecule has 0 bridgehead atoms. The number of hydrogen-bond donors (Lipinski definition) is 1. The first-order valence-electron chi connectivity index (χ1n) is 6.21. The Morgan fingerprint density at radius 3 is 2.88 bits per heavy atom. The summed E-state index contributed by atoms with van der Waals surface area (Å²) in [5.41, 5.74) is 0. The quantitative estimate of drug-likeness (QED) is 0.551. The van der Waals surface area contributed by atoms with Gasteiger partial charge in [-0.05, 0) is 31.7 Å². The molecule has 1 aliphatic heterocycles. The lowest BCUT2D eigenvalue weighted by Gasteiger charge is -2.26. The summed E-state index contributed by atoms with van der Waals surface area (Å²) in [5.74, 6) is 0.474. The van der Waals surface area contributed by atoms with E-state index >= 15 is 0 Å². The maximum absolute atomic E-state index is 11.6. The van der Waals surface area contributed by atoms with E-state index in [9.17, 15) is 4.79 Å². The van der Waals surface area contributed by atoms with Crippen molar-refractivity contribution >= 4 is 5.97 Å². The summed E-state index contributed by atoms with van der Waals surface area (Å²) in [4.78, 5) is 11.6. The van der Waals surface area contributed by atoms with Crippen LogP contribution in [0, 0.1) is 5.92 Å². The largest absolute Gasteiger partial charge is 0.462 e. The fourth-order valence-electron chi connectivity index (χ4n) is 1.84. The highest BCUT2D eigenvalue weighted by molar-refractivity contribution is 5.75. The van der Waals surface area contributed by atoms with Crippen LogP contribution in [0.1, 0.15) is 33.1 Å². The molecular weight excluding hydrogens is 206 g/mol. The van der Waals surface area contributed by atoms with Crippen LogP contribution in [0.25, 0.3) is 0 Å². The summed E-state index contributed by atoms with van der Waals surface area (Å²) in [6.45, 7) is 6.74. The van der Waals surface area contributed by atoms with Crippen LogP contribution in [-0.4, -0.2) is 38.4 Å². The Hall–Kier alpha value is -0.610. The molecule has 0 radical (unpaired) electrons. The predicted octanol–water partition coefficient (Wildman–Crippen LogP) is 1.34. The van der Waals surface area contributed by atoms with Crippen molar-refractivity contribution in [2.45, 2.75) is 39.2 Å². The highest BCUT2D eigenvalue weighted by Gasteiger charge is 2.25. The lowest BCUT2D eigenvalue weighted by molar-refractivity contribution is -0.148. The molecule has 1 saturated heterocycles. The van der Waals surface area contributed by atoms with Crippen molar-refractivity contribution in [2.24, 2.45) is 5.92 Å². The Bertz CT molecular complexity index is 208. The van der Waals surface area contributed by atoms with Crippen LogP contribution in [0.15, 0.2) is 0 Å². The number of nitrogens with one attached hydrogen (secondary N) is 1. The Labute approximate surface area is 97.7 Å². The Morgan fingerprint density at radius 1 is 1.38 bits per heavy atom. The number of esters is 1. The van der Waals surface area contributed by atoms with Gasteiger partial charge in [0.15, 0.2) is 0 Å². The van der Waals surface area contributed by atoms with Gasteiger partial charge in [0.05, 0.1) is 6.61 Å². The predicted molar refractivity (Wildman–Crippen MR) is 62.3 cm³/mol. The van der Waals surface area contributed by atoms with E-state index < -0.39 is 0 Å². The van der Waals surface area contributed by atoms with E-state index in [-0.39, 0.29) is 12.0 Å². The molecule has 1 heterocycles. The standard InChI is InChI=1S/C12H23NO3/c1-3-6-15-7-8-16-12(14)11-9-10(2)4-5-13-11/h10-11,13H,3-9H2,1-2H3. The first-order valence-corrected chi connectivity index (χ1v) is 6.21. The van der Waals surface area contributed by atoms with Gasteiger partial charge in [-0.15, -0.1) is 0 Å². The highest BCUT2D eigenvalue weighted by Crippen LogP contribution is 2.15. The van der Waals surface area contributed by atoms with Gasteiger partial charge >= 0.3 is 5.97 Å². The van der Waals surface area contributed by atoms with E-state index in [4.69, 9.17) is 9.47 Å². The second-order valence-corrected chi connectivity index (χ2v) is 4.42. The lowest BCUT2D eigenvalue weighted by Crippen LogP contribution is -2.44. The number of piperidine rings is 1. The summed E-state index contributed by atoms with van der Waals surface area (Å²) in [7, 11) is 0. The molecular formula is C12H23NO3. The highest BCUT2D eigenvalue weighted by atomic mass is 16.6. The van der Waals surface area contributed by atoms with Crippen molar-refractivity contribution in [3.63, 3.8) is 0 Å². The topological polar surface area (TPSA) is 47.6 Å². The molecule has 2 atom stereocenters. The molecule has 94 valence electrons. The molecule has 2 unspecified atom stereocenters. The molecule has 1 fully saturated rings. The molecule has 0 aromatic rings. The molecule has 4 nitrogen and oxygen atoms in total. The second kappa shape index (κ2) is 7.63. The smallest absolute Gasteiger partial charge is 0.323 e. The van der Waals surface area contributed by atoms with E-state index in [0.717, 1.165) is 32.4 Å². The van der Waals surface area contributed by atoms with Crippen molar-refractivity contribution in [1.82, 2.24) is 5.32 Å². The average molecular weight is 229 g/mol. The average Bonchev–Trinajstić information content (AvgIpc) is 2.28. The minimum absolute atomic E-state index is 0.116. The number of carbonyl (C=O) groups excluding carboxylic acids is 1. The number of ether oxygens (including phenoxy) is 2. The second-order valence-electron chi connectivity index (χ2n) is 4.42. The fourth-order valence-corrected chi connectivity index (χ4v) is 1.84. The molecule has 1 rings (SSSR count). The van der Waals surface area contributed by atoms with Gasteiger partial charge in [0.25, 0.3) is 0 Å². The lowest BCUT2D eigenvalue weighted by atomic mass is 9.94. The number of carbonyl (C=O) groups is 1. The molecule has 1 N–H and O–H groups in total. The van der Waals surface area contributed by atoms with Gasteiger partial charge in [0.2, 0.25) is 0 Å². The fraction of sp³-hybridized carbons (Fsp3) is 0.917. The van der Waals surface area contributed by atoms with Crippen molar-refractivity contribution in [3.05, 3.63) is 0 Å². The molecule has 16 heavy (non-hydrogen) atoms. The minimum Gasteiger partial charge on any atom is -0.462 e. The van der Waals surface area contributed by atoms with Crippen LogP contribution in [0.2, 0.25) is 0 Å². The number of rotatable bonds is 6. The zero-order chi connectivity index (χ0) is 11.8. The van der Waals surface area contributed by atoms with E-state index in [2.05, 4.69) is 19.2 Å². The molecule has 0 aromatic heterocycles. The van der Waals surface area contributed by atoms with Gasteiger partial charge in [-0.3, -0.25) is 4.79 Å². The zero-order valence-electron chi connectivity index (χ0n) is 10.3. The molecule has 0 amide bonds. The molecule has 0 aliphatic carbocycles. The van der Waals surface area contributed by atoms with E-state index in [1.807, 2.05) is 0 Å². The molecule has 1 aliphatic rings. The Balaban J connectivity index is 2.09.